The number of methoxy groups -OCH3 is 2. The molecule has 0 aliphatic rings. The summed E-state index contributed by atoms with van der Waals surface area (Å²) in [6.45, 7) is 2.99. The van der Waals surface area contributed by atoms with Crippen molar-refractivity contribution in [3.05, 3.63) is 0 Å². The molecule has 88 valence electrons. The molecule has 0 saturated carbocycles. The van der Waals surface area contributed by atoms with Crippen molar-refractivity contribution < 1.29 is 19.1 Å². The van der Waals surface area contributed by atoms with Gasteiger partial charge in [-0.15, -0.1) is 23.2 Å². The van der Waals surface area contributed by atoms with Crippen molar-refractivity contribution in [3.63, 3.8) is 0 Å². The molecule has 0 fully saturated rings. The molecule has 0 rings (SSSR count). The van der Waals surface area contributed by atoms with Crippen LogP contribution in [0, 0.1) is 5.41 Å². The maximum Gasteiger partial charge on any atom is 0.326 e. The van der Waals surface area contributed by atoms with E-state index in [4.69, 9.17) is 23.2 Å². The average molecular weight is 257 g/mol. The van der Waals surface area contributed by atoms with Gasteiger partial charge in [-0.3, -0.25) is 9.59 Å². The van der Waals surface area contributed by atoms with Gasteiger partial charge in [0.1, 0.15) is 0 Å². The van der Waals surface area contributed by atoms with E-state index in [1.54, 1.807) is 0 Å². The molecule has 0 aliphatic heterocycles. The Morgan fingerprint density at radius 1 is 1.00 bits per heavy atom. The molecule has 0 saturated heterocycles. The number of carbonyl (C=O) groups excluding carboxylic acids is 2. The summed E-state index contributed by atoms with van der Waals surface area (Å²) in [4.78, 5) is 23.3. The minimum atomic E-state index is -1.67. The molecule has 0 aliphatic carbocycles. The van der Waals surface area contributed by atoms with Gasteiger partial charge in [0, 0.05) is 0 Å². The number of hydrogen-bond donors (Lipinski definition) is 0. The Morgan fingerprint density at radius 2 is 1.27 bits per heavy atom. The number of ether oxygens (including phenoxy) is 2. The second-order valence-corrected chi connectivity index (χ2v) is 4.39. The topological polar surface area (TPSA) is 52.6 Å². The van der Waals surface area contributed by atoms with Crippen molar-refractivity contribution in [2.24, 2.45) is 5.41 Å². The molecule has 0 aromatic rings. The van der Waals surface area contributed by atoms with Crippen LogP contribution in [0.25, 0.3) is 0 Å². The van der Waals surface area contributed by atoms with Crippen LogP contribution in [0.15, 0.2) is 0 Å². The highest BCUT2D eigenvalue weighted by molar-refractivity contribution is 6.30. The zero-order valence-corrected chi connectivity index (χ0v) is 10.6. The van der Waals surface area contributed by atoms with E-state index in [-0.39, 0.29) is 0 Å². The van der Waals surface area contributed by atoms with Crippen molar-refractivity contribution in [2.75, 3.05) is 14.2 Å². The second-order valence-electron chi connectivity index (χ2n) is 3.08. The van der Waals surface area contributed by atoms with E-state index in [1.165, 1.54) is 28.1 Å². The van der Waals surface area contributed by atoms with Crippen LogP contribution in [-0.2, 0) is 19.1 Å². The summed E-state index contributed by atoms with van der Waals surface area (Å²) in [5.41, 5.74) is -1.67. The van der Waals surface area contributed by atoms with Gasteiger partial charge >= 0.3 is 11.9 Å². The van der Waals surface area contributed by atoms with Crippen LogP contribution in [0.2, 0.25) is 0 Å². The molecule has 2 atom stereocenters. The van der Waals surface area contributed by atoms with Gasteiger partial charge in [0.05, 0.1) is 25.0 Å². The molecule has 0 bridgehead atoms. The van der Waals surface area contributed by atoms with Crippen LogP contribution >= 0.6 is 23.2 Å². The maximum atomic E-state index is 11.6. The zero-order valence-electron chi connectivity index (χ0n) is 9.04. The van der Waals surface area contributed by atoms with Crippen molar-refractivity contribution >= 4 is 35.1 Å². The highest BCUT2D eigenvalue weighted by atomic mass is 35.5. The number of alkyl halides is 2. The number of esters is 2. The van der Waals surface area contributed by atoms with E-state index in [0.29, 0.717) is 0 Å². The van der Waals surface area contributed by atoms with Gasteiger partial charge in [-0.05, 0) is 13.8 Å². The third kappa shape index (κ3) is 2.37. The second kappa shape index (κ2) is 5.56. The Morgan fingerprint density at radius 3 is 1.40 bits per heavy atom. The molecule has 0 spiro atoms. The minimum Gasteiger partial charge on any atom is -0.468 e. The van der Waals surface area contributed by atoms with Crippen molar-refractivity contribution in [1.82, 2.24) is 0 Å². The quantitative estimate of drug-likeness (QED) is 0.436. The van der Waals surface area contributed by atoms with Crippen LogP contribution in [-0.4, -0.2) is 36.9 Å². The lowest BCUT2D eigenvalue weighted by Crippen LogP contribution is -2.52. The third-order valence-corrected chi connectivity index (χ3v) is 2.99. The number of halogens is 2. The largest absolute Gasteiger partial charge is 0.468 e. The van der Waals surface area contributed by atoms with Crippen molar-refractivity contribution in [2.45, 2.75) is 24.6 Å². The summed E-state index contributed by atoms with van der Waals surface area (Å²) < 4.78 is 9.11. The first-order valence-corrected chi connectivity index (χ1v) is 5.17. The van der Waals surface area contributed by atoms with E-state index in [1.807, 2.05) is 0 Å². The lowest BCUT2D eigenvalue weighted by Gasteiger charge is -2.32. The van der Waals surface area contributed by atoms with E-state index in [0.717, 1.165) is 0 Å². The lowest BCUT2D eigenvalue weighted by atomic mass is 9.81. The molecule has 4 nitrogen and oxygen atoms in total. The summed E-state index contributed by atoms with van der Waals surface area (Å²) in [5.74, 6) is -1.58. The standard InChI is InChI=1S/C9H14Cl2O4/c1-5(10)9(6(2)11,7(12)14-3)8(13)15-4/h5-6H,1-4H3. The number of rotatable bonds is 4. The van der Waals surface area contributed by atoms with E-state index in [2.05, 4.69) is 9.47 Å². The van der Waals surface area contributed by atoms with Crippen LogP contribution in [0.3, 0.4) is 0 Å². The third-order valence-electron chi connectivity index (χ3n) is 2.30. The first kappa shape index (κ1) is 14.5. The van der Waals surface area contributed by atoms with Crippen LogP contribution in [0.4, 0.5) is 0 Å². The monoisotopic (exact) mass is 256 g/mol. The summed E-state index contributed by atoms with van der Waals surface area (Å²) in [5, 5.41) is -1.66. The predicted octanol–water partition coefficient (Wildman–Crippen LogP) is 1.57. The first-order chi connectivity index (χ1) is 6.85. The van der Waals surface area contributed by atoms with Gasteiger partial charge in [0.2, 0.25) is 0 Å². The molecule has 0 N–H and O–H groups in total. The fourth-order valence-corrected chi connectivity index (χ4v) is 2.19. The summed E-state index contributed by atoms with van der Waals surface area (Å²) in [6, 6.07) is 0. The van der Waals surface area contributed by atoms with Crippen LogP contribution < -0.4 is 0 Å². The van der Waals surface area contributed by atoms with Gasteiger partial charge in [-0.2, -0.15) is 0 Å². The van der Waals surface area contributed by atoms with Crippen molar-refractivity contribution in [3.8, 4) is 0 Å². The molecule has 0 amide bonds. The molecular weight excluding hydrogens is 243 g/mol. The van der Waals surface area contributed by atoms with Crippen LogP contribution in [0.1, 0.15) is 13.8 Å². The average Bonchev–Trinajstić information content (AvgIpc) is 2.16. The fourth-order valence-electron chi connectivity index (χ4n) is 1.39. The molecule has 6 heteroatoms. The summed E-state index contributed by atoms with van der Waals surface area (Å²) in [6.07, 6.45) is 0. The van der Waals surface area contributed by atoms with Gasteiger partial charge in [0.25, 0.3) is 0 Å². The van der Waals surface area contributed by atoms with Gasteiger partial charge in [-0.1, -0.05) is 0 Å². The Labute approximate surface area is 98.8 Å². The zero-order chi connectivity index (χ0) is 12.2. The fraction of sp³-hybridized carbons (Fsp3) is 0.778. The molecular formula is C9H14Cl2O4. The number of hydrogen-bond acceptors (Lipinski definition) is 4. The molecule has 0 aromatic carbocycles. The maximum absolute atomic E-state index is 11.6. The van der Waals surface area contributed by atoms with E-state index in [9.17, 15) is 9.59 Å². The molecule has 15 heavy (non-hydrogen) atoms. The molecule has 0 aromatic heterocycles. The van der Waals surface area contributed by atoms with E-state index >= 15 is 0 Å². The van der Waals surface area contributed by atoms with Gasteiger partial charge < -0.3 is 9.47 Å². The first-order valence-electron chi connectivity index (χ1n) is 4.30. The Bertz CT molecular complexity index is 224. The van der Waals surface area contributed by atoms with Crippen molar-refractivity contribution in [1.29, 1.82) is 0 Å². The minimum absolute atomic E-state index is 0.792. The molecule has 0 heterocycles. The summed E-state index contributed by atoms with van der Waals surface area (Å²) >= 11 is 11.7. The highest BCUT2D eigenvalue weighted by Gasteiger charge is 2.56. The highest BCUT2D eigenvalue weighted by Crippen LogP contribution is 2.36. The Hall–Kier alpha value is -0.480. The Kier molecular flexibility index (Phi) is 5.38. The van der Waals surface area contributed by atoms with Gasteiger partial charge in [-0.25, -0.2) is 0 Å². The normalized spacial score (nSPS) is 15.3. The molecule has 0 radical (unpaired) electrons. The van der Waals surface area contributed by atoms with Gasteiger partial charge in [0.15, 0.2) is 5.41 Å². The lowest BCUT2D eigenvalue weighted by molar-refractivity contribution is -0.168. The number of carbonyl (C=O) groups is 2. The SMILES string of the molecule is COC(=O)C(C(=O)OC)(C(C)Cl)C(C)Cl. The smallest absolute Gasteiger partial charge is 0.326 e. The van der Waals surface area contributed by atoms with Crippen LogP contribution in [0.5, 0.6) is 0 Å². The molecule has 2 unspecified atom stereocenters. The Balaban J connectivity index is 5.47. The van der Waals surface area contributed by atoms with E-state index < -0.39 is 28.1 Å². The summed E-state index contributed by atoms with van der Waals surface area (Å²) in [7, 11) is 2.33. The predicted molar refractivity (Wildman–Crippen MR) is 57.1 cm³/mol.